The number of carbonyl (C=O) groups is 1. The van der Waals surface area contributed by atoms with Gasteiger partial charge in [0.1, 0.15) is 5.75 Å². The van der Waals surface area contributed by atoms with Gasteiger partial charge < -0.3 is 14.4 Å². The van der Waals surface area contributed by atoms with Gasteiger partial charge in [0.2, 0.25) is 0 Å². The quantitative estimate of drug-likeness (QED) is 0.838. The minimum atomic E-state index is 0.0327. The van der Waals surface area contributed by atoms with Gasteiger partial charge in [0.25, 0.3) is 5.91 Å². The topological polar surface area (TPSA) is 38.8 Å². The van der Waals surface area contributed by atoms with Crippen molar-refractivity contribution in [3.63, 3.8) is 0 Å². The average Bonchev–Trinajstić information content (AvgIpc) is 2.36. The summed E-state index contributed by atoms with van der Waals surface area (Å²) in [5, 5.41) is 0. The van der Waals surface area contributed by atoms with Gasteiger partial charge in [-0.15, -0.1) is 0 Å². The molecule has 2 atom stereocenters. The van der Waals surface area contributed by atoms with Crippen molar-refractivity contribution in [2.75, 3.05) is 20.2 Å². The summed E-state index contributed by atoms with van der Waals surface area (Å²) >= 11 is 3.40. The van der Waals surface area contributed by atoms with Crippen molar-refractivity contribution in [2.45, 2.75) is 26.1 Å². The molecule has 1 amide bonds. The van der Waals surface area contributed by atoms with E-state index in [9.17, 15) is 4.79 Å². The van der Waals surface area contributed by atoms with E-state index in [1.54, 1.807) is 25.3 Å². The molecule has 0 aromatic heterocycles. The molecule has 0 unspecified atom stereocenters. The van der Waals surface area contributed by atoms with Crippen LogP contribution in [0.1, 0.15) is 24.2 Å². The van der Waals surface area contributed by atoms with Crippen molar-refractivity contribution in [3.05, 3.63) is 28.2 Å². The molecule has 4 nitrogen and oxygen atoms in total. The molecule has 0 spiro atoms. The number of ether oxygens (including phenoxy) is 2. The van der Waals surface area contributed by atoms with Crippen LogP contribution in [0.4, 0.5) is 0 Å². The molecule has 1 saturated heterocycles. The normalized spacial score (nSPS) is 23.3. The number of methoxy groups -OCH3 is 1. The zero-order valence-electron chi connectivity index (χ0n) is 11.4. The van der Waals surface area contributed by atoms with Crippen LogP contribution in [-0.2, 0) is 4.74 Å². The lowest BCUT2D eigenvalue weighted by Crippen LogP contribution is -2.48. The number of morpholine rings is 1. The van der Waals surface area contributed by atoms with E-state index in [4.69, 9.17) is 9.47 Å². The van der Waals surface area contributed by atoms with Gasteiger partial charge in [-0.1, -0.05) is 0 Å². The summed E-state index contributed by atoms with van der Waals surface area (Å²) in [5.41, 5.74) is 0.661. The Balaban J connectivity index is 2.17. The third-order valence-corrected chi connectivity index (χ3v) is 3.73. The number of hydrogen-bond donors (Lipinski definition) is 0. The highest BCUT2D eigenvalue weighted by molar-refractivity contribution is 9.10. The van der Waals surface area contributed by atoms with Crippen LogP contribution in [0.3, 0.4) is 0 Å². The Hall–Kier alpha value is -1.07. The highest BCUT2D eigenvalue weighted by Crippen LogP contribution is 2.26. The van der Waals surface area contributed by atoms with Gasteiger partial charge in [-0.05, 0) is 48.0 Å². The first-order valence-electron chi connectivity index (χ1n) is 6.29. The molecule has 1 heterocycles. The SMILES string of the molecule is COc1ccc(C(=O)N2C[C@H](C)O[C@@H](C)C2)cc1Br. The molecular formula is C14H18BrNO3. The maximum Gasteiger partial charge on any atom is 0.254 e. The molecule has 0 saturated carbocycles. The summed E-state index contributed by atoms with van der Waals surface area (Å²) < 4.78 is 11.6. The van der Waals surface area contributed by atoms with E-state index in [1.807, 2.05) is 18.7 Å². The molecule has 2 rings (SSSR count). The van der Waals surface area contributed by atoms with Crippen molar-refractivity contribution >= 4 is 21.8 Å². The first-order chi connectivity index (χ1) is 9.01. The number of carbonyl (C=O) groups excluding carboxylic acids is 1. The molecule has 1 aromatic rings. The van der Waals surface area contributed by atoms with Crippen molar-refractivity contribution in [1.29, 1.82) is 0 Å². The van der Waals surface area contributed by atoms with Crippen LogP contribution in [0, 0.1) is 0 Å². The smallest absolute Gasteiger partial charge is 0.254 e. The molecule has 5 heteroatoms. The molecule has 0 bridgehead atoms. The standard InChI is InChI=1S/C14H18BrNO3/c1-9-7-16(8-10(2)19-9)14(17)11-4-5-13(18-3)12(15)6-11/h4-6,9-10H,7-8H2,1-3H3/t9-,10-/m0/s1. The van der Waals surface area contributed by atoms with Gasteiger partial charge in [-0.3, -0.25) is 4.79 Å². The van der Waals surface area contributed by atoms with E-state index < -0.39 is 0 Å². The maximum atomic E-state index is 12.5. The molecule has 104 valence electrons. The Labute approximate surface area is 121 Å². The van der Waals surface area contributed by atoms with E-state index in [0.29, 0.717) is 18.7 Å². The van der Waals surface area contributed by atoms with Crippen LogP contribution in [0.5, 0.6) is 5.75 Å². The highest BCUT2D eigenvalue weighted by atomic mass is 79.9. The van der Waals surface area contributed by atoms with E-state index in [1.165, 1.54) is 0 Å². The number of halogens is 1. The number of amides is 1. The van der Waals surface area contributed by atoms with Crippen LogP contribution in [0.2, 0.25) is 0 Å². The van der Waals surface area contributed by atoms with Crippen molar-refractivity contribution in [2.24, 2.45) is 0 Å². The number of hydrogen-bond acceptors (Lipinski definition) is 3. The van der Waals surface area contributed by atoms with Gasteiger partial charge in [-0.2, -0.15) is 0 Å². The largest absolute Gasteiger partial charge is 0.496 e. The van der Waals surface area contributed by atoms with Crippen molar-refractivity contribution < 1.29 is 14.3 Å². The zero-order chi connectivity index (χ0) is 14.0. The maximum absolute atomic E-state index is 12.5. The van der Waals surface area contributed by atoms with Crippen molar-refractivity contribution in [1.82, 2.24) is 4.90 Å². The minimum absolute atomic E-state index is 0.0327. The lowest BCUT2D eigenvalue weighted by molar-refractivity contribution is -0.0586. The first-order valence-corrected chi connectivity index (χ1v) is 7.09. The molecule has 0 aliphatic carbocycles. The number of rotatable bonds is 2. The third kappa shape index (κ3) is 3.28. The van der Waals surface area contributed by atoms with Crippen LogP contribution >= 0.6 is 15.9 Å². The second kappa shape index (κ2) is 5.92. The fraction of sp³-hybridized carbons (Fsp3) is 0.500. The summed E-state index contributed by atoms with van der Waals surface area (Å²) in [6.07, 6.45) is 0.156. The Morgan fingerprint density at radius 1 is 1.37 bits per heavy atom. The average molecular weight is 328 g/mol. The Morgan fingerprint density at radius 2 is 2.00 bits per heavy atom. The van der Waals surface area contributed by atoms with Crippen LogP contribution < -0.4 is 4.74 Å². The molecule has 1 fully saturated rings. The summed E-state index contributed by atoms with van der Waals surface area (Å²) in [5.74, 6) is 0.755. The predicted octanol–water partition coefficient (Wildman–Crippen LogP) is 2.71. The minimum Gasteiger partial charge on any atom is -0.496 e. The first kappa shape index (κ1) is 14.3. The van der Waals surface area contributed by atoms with Gasteiger partial charge in [-0.25, -0.2) is 0 Å². The van der Waals surface area contributed by atoms with Gasteiger partial charge in [0.15, 0.2) is 0 Å². The fourth-order valence-electron chi connectivity index (χ4n) is 2.33. The zero-order valence-corrected chi connectivity index (χ0v) is 12.9. The summed E-state index contributed by atoms with van der Waals surface area (Å²) in [7, 11) is 1.60. The molecular weight excluding hydrogens is 310 g/mol. The van der Waals surface area contributed by atoms with E-state index in [-0.39, 0.29) is 18.1 Å². The molecule has 19 heavy (non-hydrogen) atoms. The Kier molecular flexibility index (Phi) is 4.47. The molecule has 1 aliphatic heterocycles. The fourth-order valence-corrected chi connectivity index (χ4v) is 2.87. The van der Waals surface area contributed by atoms with Gasteiger partial charge >= 0.3 is 0 Å². The molecule has 0 radical (unpaired) electrons. The van der Waals surface area contributed by atoms with E-state index >= 15 is 0 Å². The van der Waals surface area contributed by atoms with Crippen LogP contribution in [-0.4, -0.2) is 43.2 Å². The Morgan fingerprint density at radius 3 is 2.53 bits per heavy atom. The third-order valence-electron chi connectivity index (χ3n) is 3.11. The summed E-state index contributed by atoms with van der Waals surface area (Å²) in [6, 6.07) is 5.38. The van der Waals surface area contributed by atoms with Gasteiger partial charge in [0, 0.05) is 18.7 Å². The second-order valence-corrected chi connectivity index (χ2v) is 5.67. The van der Waals surface area contributed by atoms with Crippen LogP contribution in [0.15, 0.2) is 22.7 Å². The van der Waals surface area contributed by atoms with Crippen molar-refractivity contribution in [3.8, 4) is 5.75 Å². The second-order valence-electron chi connectivity index (χ2n) is 4.82. The lowest BCUT2D eigenvalue weighted by Gasteiger charge is -2.35. The van der Waals surface area contributed by atoms with Crippen LogP contribution in [0.25, 0.3) is 0 Å². The van der Waals surface area contributed by atoms with E-state index in [0.717, 1.165) is 10.2 Å². The predicted molar refractivity (Wildman–Crippen MR) is 76.6 cm³/mol. The summed E-state index contributed by atoms with van der Waals surface area (Å²) in [4.78, 5) is 14.3. The Bertz CT molecular complexity index is 468. The summed E-state index contributed by atoms with van der Waals surface area (Å²) in [6.45, 7) is 5.24. The molecule has 0 N–H and O–H groups in total. The molecule has 1 aromatic carbocycles. The molecule has 1 aliphatic rings. The number of benzene rings is 1. The highest BCUT2D eigenvalue weighted by Gasteiger charge is 2.26. The monoisotopic (exact) mass is 327 g/mol. The van der Waals surface area contributed by atoms with Gasteiger partial charge in [0.05, 0.1) is 23.8 Å². The number of nitrogens with zero attached hydrogens (tertiary/aromatic N) is 1. The lowest BCUT2D eigenvalue weighted by atomic mass is 10.1. The van der Waals surface area contributed by atoms with E-state index in [2.05, 4.69) is 15.9 Å².